The third-order valence-corrected chi connectivity index (χ3v) is 16.8. The van der Waals surface area contributed by atoms with Gasteiger partial charge in [-0.2, -0.15) is 0 Å². The summed E-state index contributed by atoms with van der Waals surface area (Å²) in [7, 11) is -26.0. The molecule has 0 saturated heterocycles. The van der Waals surface area contributed by atoms with E-state index in [4.69, 9.17) is 9.11 Å². The molecule has 85 heavy (non-hydrogen) atoms. The fourth-order valence-corrected chi connectivity index (χ4v) is 11.8. The topological polar surface area (TPSA) is 443 Å². The minimum atomic E-state index is -5.73. The zero-order chi connectivity index (χ0) is 60.9. The summed E-state index contributed by atoms with van der Waals surface area (Å²) in [5.41, 5.74) is 0.993. The van der Waals surface area contributed by atoms with Crippen LogP contribution >= 0.6 is 0 Å². The van der Waals surface area contributed by atoms with Crippen molar-refractivity contribution in [3.63, 3.8) is 0 Å². The second-order valence-corrected chi connectivity index (χ2v) is 25.2. The molecule has 0 atom stereocenters. The molecule has 430 valence electrons. The van der Waals surface area contributed by atoms with Crippen molar-refractivity contribution in [2.75, 3.05) is 31.9 Å². The number of hydrogen-bond acceptors (Lipinski definition) is 18. The Kier molecular flexibility index (Phi) is 20.1. The Labute approximate surface area is 528 Å². The average Bonchev–Trinajstić information content (AvgIpc) is 1.62. The van der Waals surface area contributed by atoms with E-state index in [1.54, 1.807) is 19.9 Å². The quantitative estimate of drug-likeness (QED) is 0.0412. The van der Waals surface area contributed by atoms with Crippen molar-refractivity contribution in [1.29, 1.82) is 0 Å². The van der Waals surface area contributed by atoms with Crippen LogP contribution in [-0.2, 0) is 50.6 Å². The van der Waals surface area contributed by atoms with Crippen LogP contribution in [0.2, 0.25) is 0 Å². The Morgan fingerprint density at radius 3 is 1.19 bits per heavy atom. The number of hydrogen-bond donors (Lipinski definition) is 6. The standard InChI is InChI=1S/C52H42N6O20S5.2Na/c1-26-10-12-31(50(61)55-39-14-16-43(81(70,71)72)37-23-35(79(64,65)66)18-28(3)46(37)39)21-41(26)57-48(59)29-6-4-8-33(19-29)53-52(63)54-34-9-5-7-30(20-34)49(60)58-42-22-32(13-11-27(42)2)51(62)56-40-15-17-44(82(73,74)75)38-24-36(80(67,68)69)25-45(47(38)40)83(76,77)78;;/h4-25H,1-3H3,(H,55,61)(H,56,62)(H,57,59)(H,58,60)(H2,53,54,63)(H,64,65,66)(H,67,68,69)(H,70,71,72)(H,73,74,75)(H,76,77,78);;/q;2*+1/p-1. The molecule has 0 bridgehead atoms. The van der Waals surface area contributed by atoms with Gasteiger partial charge in [-0.3, -0.25) is 19.2 Å². The molecule has 0 aromatic heterocycles. The van der Waals surface area contributed by atoms with E-state index in [1.807, 2.05) is 0 Å². The summed E-state index contributed by atoms with van der Waals surface area (Å²) < 4.78 is 173. The molecule has 0 radical (unpaired) electrons. The Bertz CT molecular complexity index is 4760. The number of carbonyl (C=O) groups excluding carboxylic acids is 5. The molecule has 0 spiro atoms. The summed E-state index contributed by atoms with van der Waals surface area (Å²) in [6.45, 7) is 4.66. The summed E-state index contributed by atoms with van der Waals surface area (Å²) in [6.07, 6.45) is 0. The molecule has 33 heteroatoms. The van der Waals surface area contributed by atoms with Crippen LogP contribution in [0, 0.1) is 20.8 Å². The zero-order valence-corrected chi connectivity index (χ0v) is 52.7. The van der Waals surface area contributed by atoms with Crippen molar-refractivity contribution in [3.8, 4) is 0 Å². The summed E-state index contributed by atoms with van der Waals surface area (Å²) in [6, 6.07) is 25.0. The van der Waals surface area contributed by atoms with E-state index in [2.05, 4.69) is 31.9 Å². The normalized spacial score (nSPS) is 11.8. The number of urea groups is 1. The molecule has 8 rings (SSSR count). The first kappa shape index (κ1) is 67.1. The van der Waals surface area contributed by atoms with Gasteiger partial charge in [0.1, 0.15) is 35.2 Å². The average molecular weight is 1280 g/mol. The molecular weight excluding hydrogens is 1230 g/mol. The molecule has 8 aromatic rings. The first-order valence-electron chi connectivity index (χ1n) is 23.4. The Balaban J connectivity index is 0.00000579. The van der Waals surface area contributed by atoms with Gasteiger partial charge < -0.3 is 54.7 Å². The first-order valence-corrected chi connectivity index (χ1v) is 30.6. The SMILES string of the molecule is Cc1ccc(C(=O)Nc2ccc(S(=O)(=O)[OH2+])c3cc(S(=O)(=O)[OH2+])cc(C)c23)cc1NC(=O)c1cccc(NC(=O)Nc2cccc(C(=O)Nc3cc(C(=O)Nc4ccc(S(=O)(=O)[O-])c5cc(S(=O)(=O)[O-])cc(S(=O)(=O)[O-])c45)ccc3C)c2)c1.[Na+].[Na+]. The number of anilines is 6. The van der Waals surface area contributed by atoms with Crippen LogP contribution in [0.4, 0.5) is 38.9 Å². The van der Waals surface area contributed by atoms with Crippen molar-refractivity contribution >= 4 is 136 Å². The molecule has 0 heterocycles. The third-order valence-electron chi connectivity index (χ3n) is 12.4. The van der Waals surface area contributed by atoms with Gasteiger partial charge in [-0.1, -0.05) is 24.3 Å². The second-order valence-electron chi connectivity index (χ2n) is 18.2. The van der Waals surface area contributed by atoms with Crippen LogP contribution in [0.15, 0.2) is 158 Å². The molecule has 0 unspecified atom stereocenters. The predicted molar refractivity (Wildman–Crippen MR) is 298 cm³/mol. The molecular formula is C52H41N6Na2O20S5+. The van der Waals surface area contributed by atoms with Gasteiger partial charge >= 0.3 is 85.4 Å². The van der Waals surface area contributed by atoms with Crippen molar-refractivity contribution in [1.82, 2.24) is 0 Å². The van der Waals surface area contributed by atoms with Gasteiger partial charge in [0, 0.05) is 72.2 Å². The largest absolute Gasteiger partial charge is 1.00 e. The van der Waals surface area contributed by atoms with E-state index >= 15 is 0 Å². The van der Waals surface area contributed by atoms with Crippen LogP contribution in [0.5, 0.6) is 0 Å². The maximum absolute atomic E-state index is 13.7. The van der Waals surface area contributed by atoms with E-state index in [0.29, 0.717) is 23.3 Å². The summed E-state index contributed by atoms with van der Waals surface area (Å²) in [4.78, 5) is 62.7. The zero-order valence-electron chi connectivity index (χ0n) is 44.6. The minimum Gasteiger partial charge on any atom is -0.744 e. The van der Waals surface area contributed by atoms with Gasteiger partial charge in [0.05, 0.1) is 20.4 Å². The number of aryl methyl sites for hydroxylation is 3. The molecule has 10 N–H and O–H groups in total. The number of carbonyl (C=O) groups is 5. The number of rotatable bonds is 15. The smallest absolute Gasteiger partial charge is 0.744 e. The molecule has 26 nitrogen and oxygen atoms in total. The fourth-order valence-electron chi connectivity index (χ4n) is 8.53. The van der Waals surface area contributed by atoms with Crippen LogP contribution in [0.25, 0.3) is 21.5 Å². The Hall–Kier alpha value is -7.02. The summed E-state index contributed by atoms with van der Waals surface area (Å²) in [5.74, 6) is -3.17. The third kappa shape index (κ3) is 15.5. The minimum absolute atomic E-state index is 0. The molecule has 0 fully saturated rings. The Morgan fingerprint density at radius 1 is 0.365 bits per heavy atom. The maximum atomic E-state index is 13.7. The van der Waals surface area contributed by atoms with E-state index < -0.39 is 121 Å². The van der Waals surface area contributed by atoms with Crippen LogP contribution in [0.1, 0.15) is 58.1 Å². The molecule has 8 aromatic carbocycles. The molecule has 6 amide bonds. The molecule has 0 aliphatic carbocycles. The van der Waals surface area contributed by atoms with Gasteiger partial charge in [-0.05, 0) is 147 Å². The van der Waals surface area contributed by atoms with E-state index in [9.17, 15) is 79.7 Å². The van der Waals surface area contributed by atoms with E-state index in [1.165, 1.54) is 91.9 Å². The molecule has 0 aliphatic heterocycles. The van der Waals surface area contributed by atoms with E-state index in [0.717, 1.165) is 24.3 Å². The van der Waals surface area contributed by atoms with Crippen molar-refractivity contribution in [2.24, 2.45) is 0 Å². The van der Waals surface area contributed by atoms with Crippen LogP contribution in [0.3, 0.4) is 0 Å². The number of nitrogens with one attached hydrogen (secondary N) is 6. The summed E-state index contributed by atoms with van der Waals surface area (Å²) >= 11 is 0. The van der Waals surface area contributed by atoms with Crippen LogP contribution < -0.4 is 91.0 Å². The molecule has 0 aliphatic rings. The van der Waals surface area contributed by atoms with Crippen LogP contribution in [-0.4, -0.2) is 94.5 Å². The monoisotopic (exact) mass is 1280 g/mol. The van der Waals surface area contributed by atoms with Gasteiger partial charge in [-0.25, -0.2) is 30.0 Å². The number of fused-ring (bicyclic) bond motifs is 2. The number of benzene rings is 8. The van der Waals surface area contributed by atoms with Gasteiger partial charge in [0.15, 0.2) is 4.90 Å². The number of amides is 6. The fraction of sp³-hybridized carbons (Fsp3) is 0.0577. The van der Waals surface area contributed by atoms with Crippen molar-refractivity contribution in [3.05, 3.63) is 172 Å². The van der Waals surface area contributed by atoms with Gasteiger partial charge in [0.2, 0.25) is 0 Å². The van der Waals surface area contributed by atoms with Gasteiger partial charge in [-0.15, -0.1) is 16.8 Å². The van der Waals surface area contributed by atoms with Crippen molar-refractivity contribution < 1.29 is 148 Å². The maximum Gasteiger partial charge on any atom is 1.00 e. The molecule has 0 saturated carbocycles. The summed E-state index contributed by atoms with van der Waals surface area (Å²) in [5, 5.41) is 13.5. The Morgan fingerprint density at radius 2 is 0.765 bits per heavy atom. The predicted octanol–water partition coefficient (Wildman–Crippen LogP) is -0.882. The van der Waals surface area contributed by atoms with Gasteiger partial charge in [0.25, 0.3) is 23.6 Å². The first-order chi connectivity index (χ1) is 38.6. The van der Waals surface area contributed by atoms with Crippen molar-refractivity contribution in [2.45, 2.75) is 45.2 Å². The van der Waals surface area contributed by atoms with E-state index in [-0.39, 0.29) is 132 Å². The second kappa shape index (κ2) is 25.5.